The number of nitrogens with zero attached hydrogens (tertiary/aromatic N) is 1. The van der Waals surface area contributed by atoms with Crippen LogP contribution < -0.4 is 10.9 Å². The van der Waals surface area contributed by atoms with E-state index in [9.17, 15) is 4.79 Å². The van der Waals surface area contributed by atoms with Gasteiger partial charge in [0.25, 0.3) is 5.56 Å². The maximum absolute atomic E-state index is 10.3. The first-order chi connectivity index (χ1) is 7.72. The lowest BCUT2D eigenvalue weighted by atomic mass is 9.94. The second kappa shape index (κ2) is 9.09. The summed E-state index contributed by atoms with van der Waals surface area (Å²) >= 11 is 0. The molecule has 0 atom stereocenters. The lowest BCUT2D eigenvalue weighted by molar-refractivity contribution is 0.361. The second-order valence-corrected chi connectivity index (χ2v) is 3.47. The molecule has 0 amide bonds. The number of aryl methyl sites for hydroxylation is 1. The van der Waals surface area contributed by atoms with Gasteiger partial charge < -0.3 is 10.3 Å². The fraction of sp³-hybridized carbons (Fsp3) is 0.667. The molecule has 2 rings (SSSR count). The Labute approximate surface area is 97.5 Å². The quantitative estimate of drug-likeness (QED) is 0.767. The fourth-order valence-electron chi connectivity index (χ4n) is 1.11. The average Bonchev–Trinajstić information content (AvgIpc) is 2.25. The molecule has 0 spiro atoms. The molecule has 0 unspecified atom stereocenters. The molecule has 1 heterocycles. The van der Waals surface area contributed by atoms with Crippen molar-refractivity contribution in [2.75, 3.05) is 7.05 Å². The number of hydrogen-bond acceptors (Lipinski definition) is 3. The van der Waals surface area contributed by atoms with E-state index in [1.54, 1.807) is 6.20 Å². The second-order valence-electron chi connectivity index (χ2n) is 3.47. The molecule has 0 aromatic carbocycles. The van der Waals surface area contributed by atoms with Crippen LogP contribution in [0.2, 0.25) is 0 Å². The molecule has 1 saturated carbocycles. The Kier molecular flexibility index (Phi) is 8.43. The fourth-order valence-corrected chi connectivity index (χ4v) is 1.11. The Hall–Kier alpha value is -1.16. The maximum Gasteiger partial charge on any atom is 0.266 e. The maximum atomic E-state index is 10.3. The molecule has 1 aromatic rings. The summed E-state index contributed by atoms with van der Waals surface area (Å²) < 4.78 is 0. The molecular formula is C12H23N3O. The summed E-state index contributed by atoms with van der Waals surface area (Å²) in [6.07, 6.45) is 7.07. The van der Waals surface area contributed by atoms with Gasteiger partial charge in [-0.2, -0.15) is 0 Å². The van der Waals surface area contributed by atoms with Gasteiger partial charge in [-0.15, -0.1) is 0 Å². The monoisotopic (exact) mass is 225 g/mol. The minimum Gasteiger partial charge on any atom is -0.326 e. The molecule has 2 N–H and O–H groups in total. The molecule has 92 valence electrons. The van der Waals surface area contributed by atoms with Gasteiger partial charge in [0.1, 0.15) is 0 Å². The smallest absolute Gasteiger partial charge is 0.266 e. The molecule has 1 fully saturated rings. The molecule has 4 heteroatoms. The van der Waals surface area contributed by atoms with E-state index in [0.717, 1.165) is 11.7 Å². The molecule has 4 nitrogen and oxygen atoms in total. The van der Waals surface area contributed by atoms with Crippen LogP contribution >= 0.6 is 0 Å². The summed E-state index contributed by atoms with van der Waals surface area (Å²) in [6.45, 7) is 5.82. The van der Waals surface area contributed by atoms with Crippen molar-refractivity contribution in [3.63, 3.8) is 0 Å². The number of aromatic nitrogens is 2. The Morgan fingerprint density at radius 1 is 1.44 bits per heavy atom. The van der Waals surface area contributed by atoms with Gasteiger partial charge in [0.15, 0.2) is 0 Å². The minimum atomic E-state index is -0.157. The molecule has 16 heavy (non-hydrogen) atoms. The van der Waals surface area contributed by atoms with E-state index in [1.165, 1.54) is 25.5 Å². The minimum absolute atomic E-state index is 0.157. The third-order valence-corrected chi connectivity index (χ3v) is 2.32. The number of nitrogens with one attached hydrogen (secondary N) is 2. The lowest BCUT2D eigenvalue weighted by Gasteiger charge is -2.23. The van der Waals surface area contributed by atoms with E-state index in [4.69, 9.17) is 0 Å². The highest BCUT2D eigenvalue weighted by molar-refractivity contribution is 4.89. The van der Waals surface area contributed by atoms with Crippen LogP contribution in [0, 0.1) is 6.92 Å². The van der Waals surface area contributed by atoms with Crippen LogP contribution in [0.4, 0.5) is 0 Å². The van der Waals surface area contributed by atoms with Gasteiger partial charge in [-0.25, -0.2) is 0 Å². The van der Waals surface area contributed by atoms with Crippen molar-refractivity contribution in [2.45, 2.75) is 46.1 Å². The lowest BCUT2D eigenvalue weighted by Crippen LogP contribution is -2.31. The highest BCUT2D eigenvalue weighted by atomic mass is 16.1. The van der Waals surface area contributed by atoms with E-state index in [-0.39, 0.29) is 5.56 Å². The Morgan fingerprint density at radius 3 is 2.25 bits per heavy atom. The molecule has 0 aliphatic heterocycles. The first-order valence-electron chi connectivity index (χ1n) is 5.91. The van der Waals surface area contributed by atoms with Crippen molar-refractivity contribution >= 4 is 0 Å². The van der Waals surface area contributed by atoms with E-state index in [0.29, 0.717) is 0 Å². The summed E-state index contributed by atoms with van der Waals surface area (Å²) in [5.74, 6) is 0. The Balaban J connectivity index is 0.000000251. The molecule has 1 aliphatic rings. The summed E-state index contributed by atoms with van der Waals surface area (Å²) in [4.78, 5) is 16.5. The average molecular weight is 225 g/mol. The molecule has 0 saturated heterocycles. The molecule has 1 aromatic heterocycles. The summed E-state index contributed by atoms with van der Waals surface area (Å²) in [6, 6.07) is 0.866. The Bertz CT molecular complexity index is 295. The predicted octanol–water partition coefficient (Wildman–Crippen LogP) is 1.86. The largest absolute Gasteiger partial charge is 0.326 e. The van der Waals surface area contributed by atoms with Crippen LogP contribution in [-0.4, -0.2) is 23.1 Å². The first kappa shape index (κ1) is 14.8. The van der Waals surface area contributed by atoms with Crippen LogP contribution in [0.5, 0.6) is 0 Å². The number of H-pyrrole nitrogens is 1. The number of hydrogen-bond donors (Lipinski definition) is 2. The SMILES string of the molecule is CC.CNC1CCC1.Cc1c[nH]c(=O)cn1. The van der Waals surface area contributed by atoms with E-state index >= 15 is 0 Å². The summed E-state index contributed by atoms with van der Waals surface area (Å²) in [5, 5.41) is 3.20. The zero-order valence-corrected chi connectivity index (χ0v) is 10.7. The molecule has 1 aliphatic carbocycles. The third-order valence-electron chi connectivity index (χ3n) is 2.32. The van der Waals surface area contributed by atoms with Crippen LogP contribution in [0.1, 0.15) is 38.8 Å². The van der Waals surface area contributed by atoms with Gasteiger partial charge in [0, 0.05) is 12.2 Å². The molecular weight excluding hydrogens is 202 g/mol. The van der Waals surface area contributed by atoms with Gasteiger partial charge in [0.2, 0.25) is 0 Å². The highest BCUT2D eigenvalue weighted by Gasteiger charge is 2.13. The predicted molar refractivity (Wildman–Crippen MR) is 67.6 cm³/mol. The van der Waals surface area contributed by atoms with Gasteiger partial charge in [0.05, 0.1) is 11.9 Å². The van der Waals surface area contributed by atoms with Gasteiger partial charge in [-0.05, 0) is 26.8 Å². The van der Waals surface area contributed by atoms with Crippen LogP contribution in [-0.2, 0) is 0 Å². The van der Waals surface area contributed by atoms with Crippen LogP contribution in [0.25, 0.3) is 0 Å². The zero-order valence-electron chi connectivity index (χ0n) is 10.7. The van der Waals surface area contributed by atoms with Crippen molar-refractivity contribution in [3.8, 4) is 0 Å². The van der Waals surface area contributed by atoms with Crippen molar-refractivity contribution in [1.29, 1.82) is 0 Å². The first-order valence-corrected chi connectivity index (χ1v) is 5.91. The van der Waals surface area contributed by atoms with E-state index < -0.39 is 0 Å². The number of rotatable bonds is 1. The van der Waals surface area contributed by atoms with Gasteiger partial charge >= 0.3 is 0 Å². The molecule has 0 radical (unpaired) electrons. The summed E-state index contributed by atoms with van der Waals surface area (Å²) in [7, 11) is 2.03. The van der Waals surface area contributed by atoms with Gasteiger partial charge in [-0.3, -0.25) is 9.78 Å². The van der Waals surface area contributed by atoms with Gasteiger partial charge in [-0.1, -0.05) is 20.3 Å². The normalized spacial score (nSPS) is 13.8. The van der Waals surface area contributed by atoms with Crippen LogP contribution in [0.3, 0.4) is 0 Å². The van der Waals surface area contributed by atoms with Crippen molar-refractivity contribution in [3.05, 3.63) is 28.4 Å². The highest BCUT2D eigenvalue weighted by Crippen LogP contribution is 2.16. The van der Waals surface area contributed by atoms with Crippen LogP contribution in [0.15, 0.2) is 17.2 Å². The Morgan fingerprint density at radius 2 is 2.06 bits per heavy atom. The van der Waals surface area contributed by atoms with E-state index in [2.05, 4.69) is 15.3 Å². The third kappa shape index (κ3) is 6.35. The standard InChI is InChI=1S/C5H6N2O.C5H11N.C2H6/c1-4-2-7-5(8)3-6-4;1-6-5-3-2-4-5;1-2/h2-3H,1H3,(H,7,8);5-6H,2-4H2,1H3;1-2H3. The molecule has 0 bridgehead atoms. The van der Waals surface area contributed by atoms with E-state index in [1.807, 2.05) is 27.8 Å². The zero-order chi connectivity index (χ0) is 12.4. The number of aromatic amines is 1. The van der Waals surface area contributed by atoms with Crippen molar-refractivity contribution < 1.29 is 0 Å². The topological polar surface area (TPSA) is 57.8 Å². The van der Waals surface area contributed by atoms with Crippen molar-refractivity contribution in [1.82, 2.24) is 15.3 Å². The summed E-state index contributed by atoms with van der Waals surface area (Å²) in [5.41, 5.74) is 0.667. The van der Waals surface area contributed by atoms with Crippen molar-refractivity contribution in [2.24, 2.45) is 0 Å².